The van der Waals surface area contributed by atoms with Gasteiger partial charge in [0, 0.05) is 6.20 Å². The smallest absolute Gasteiger partial charge is 0.273 e. The first kappa shape index (κ1) is 18.7. The molecule has 0 unspecified atom stereocenters. The molecule has 1 aromatic rings. The van der Waals surface area contributed by atoms with Crippen LogP contribution in [0.4, 0.5) is 4.79 Å². The third-order valence-corrected chi connectivity index (χ3v) is 4.91. The highest BCUT2D eigenvalue weighted by Crippen LogP contribution is 2.32. The Hall–Kier alpha value is -3.04. The SMILES string of the molecule is CC(=C/c1ccccc1)/C=C1\SC(=S)N(C=C2C(=O)NC(=O)NC2=O)C1=O. The van der Waals surface area contributed by atoms with E-state index in [1.807, 2.05) is 54.0 Å². The second-order valence-corrected chi connectivity index (χ2v) is 7.31. The van der Waals surface area contributed by atoms with Crippen LogP contribution in [0.25, 0.3) is 6.08 Å². The number of imide groups is 2. The molecule has 2 N–H and O–H groups in total. The van der Waals surface area contributed by atoms with Crippen molar-refractivity contribution < 1.29 is 19.2 Å². The molecule has 2 aliphatic rings. The van der Waals surface area contributed by atoms with Crippen molar-refractivity contribution in [2.75, 3.05) is 0 Å². The van der Waals surface area contributed by atoms with Gasteiger partial charge in [-0.25, -0.2) is 4.79 Å². The number of rotatable bonds is 3. The zero-order valence-corrected chi connectivity index (χ0v) is 15.6. The zero-order valence-electron chi connectivity index (χ0n) is 14.0. The van der Waals surface area contributed by atoms with Gasteiger partial charge >= 0.3 is 6.03 Å². The first-order chi connectivity index (χ1) is 12.8. The summed E-state index contributed by atoms with van der Waals surface area (Å²) in [6, 6.07) is 8.71. The van der Waals surface area contributed by atoms with Crippen molar-refractivity contribution in [3.05, 3.63) is 64.2 Å². The fourth-order valence-electron chi connectivity index (χ4n) is 2.37. The second kappa shape index (κ2) is 7.68. The van der Waals surface area contributed by atoms with Gasteiger partial charge in [0.25, 0.3) is 17.7 Å². The van der Waals surface area contributed by atoms with Crippen molar-refractivity contribution in [1.29, 1.82) is 0 Å². The number of nitrogens with one attached hydrogen (secondary N) is 2. The Morgan fingerprint density at radius 1 is 1.07 bits per heavy atom. The number of hydrogen-bond acceptors (Lipinski definition) is 6. The van der Waals surface area contributed by atoms with E-state index in [-0.39, 0.29) is 9.89 Å². The summed E-state index contributed by atoms with van der Waals surface area (Å²) in [5, 5.41) is 3.89. The molecule has 0 aliphatic carbocycles. The molecule has 5 amide bonds. The lowest BCUT2D eigenvalue weighted by molar-refractivity contribution is -0.124. The highest BCUT2D eigenvalue weighted by molar-refractivity contribution is 8.26. The summed E-state index contributed by atoms with van der Waals surface area (Å²) in [5.74, 6) is -2.22. The van der Waals surface area contributed by atoms with Crippen molar-refractivity contribution in [2.24, 2.45) is 0 Å². The molecule has 1 aromatic carbocycles. The molecule has 0 aromatic heterocycles. The van der Waals surface area contributed by atoms with Gasteiger partial charge in [-0.05, 0) is 24.1 Å². The molecule has 2 aliphatic heterocycles. The minimum Gasteiger partial charge on any atom is -0.273 e. The summed E-state index contributed by atoms with van der Waals surface area (Å²) in [6.45, 7) is 1.85. The summed E-state index contributed by atoms with van der Waals surface area (Å²) >= 11 is 6.24. The Morgan fingerprint density at radius 3 is 2.33 bits per heavy atom. The van der Waals surface area contributed by atoms with E-state index >= 15 is 0 Å². The van der Waals surface area contributed by atoms with E-state index in [4.69, 9.17) is 12.2 Å². The van der Waals surface area contributed by atoms with Crippen molar-refractivity contribution in [3.63, 3.8) is 0 Å². The molecule has 7 nitrogen and oxygen atoms in total. The van der Waals surface area contributed by atoms with Crippen LogP contribution in [0, 0.1) is 0 Å². The molecule has 0 spiro atoms. The molecule has 9 heteroatoms. The normalized spacial score (nSPS) is 19.5. The van der Waals surface area contributed by atoms with Crippen molar-refractivity contribution in [1.82, 2.24) is 15.5 Å². The number of carbonyl (C=O) groups excluding carboxylic acids is 4. The monoisotopic (exact) mass is 399 g/mol. The van der Waals surface area contributed by atoms with Crippen LogP contribution in [0.2, 0.25) is 0 Å². The third-order valence-electron chi connectivity index (χ3n) is 3.58. The predicted molar refractivity (Wildman–Crippen MR) is 105 cm³/mol. The summed E-state index contributed by atoms with van der Waals surface area (Å²) in [4.78, 5) is 48.7. The molecule has 2 saturated heterocycles. The Labute approximate surface area is 164 Å². The van der Waals surface area contributed by atoms with Crippen molar-refractivity contribution >= 4 is 58.1 Å². The molecule has 27 heavy (non-hydrogen) atoms. The molecular formula is C18H13N3O4S2. The molecule has 2 heterocycles. The van der Waals surface area contributed by atoms with Gasteiger partial charge in [0.2, 0.25) is 0 Å². The average molecular weight is 399 g/mol. The van der Waals surface area contributed by atoms with Crippen LogP contribution in [0.15, 0.2) is 58.7 Å². The van der Waals surface area contributed by atoms with Gasteiger partial charge in [-0.3, -0.25) is 29.9 Å². The Morgan fingerprint density at radius 2 is 1.70 bits per heavy atom. The highest BCUT2D eigenvalue weighted by atomic mass is 32.2. The number of benzene rings is 1. The van der Waals surface area contributed by atoms with Crippen LogP contribution in [0.3, 0.4) is 0 Å². The number of amides is 5. The van der Waals surface area contributed by atoms with Gasteiger partial charge < -0.3 is 0 Å². The lowest BCUT2D eigenvalue weighted by Gasteiger charge is -2.16. The molecule has 0 radical (unpaired) electrons. The van der Waals surface area contributed by atoms with E-state index < -0.39 is 23.8 Å². The number of barbiturate groups is 1. The van der Waals surface area contributed by atoms with E-state index in [1.54, 1.807) is 6.08 Å². The van der Waals surface area contributed by atoms with Crippen molar-refractivity contribution in [2.45, 2.75) is 6.92 Å². The van der Waals surface area contributed by atoms with Crippen molar-refractivity contribution in [3.8, 4) is 0 Å². The van der Waals surface area contributed by atoms with E-state index in [9.17, 15) is 19.2 Å². The lowest BCUT2D eigenvalue weighted by atomic mass is 10.1. The van der Waals surface area contributed by atoms with Gasteiger partial charge in [0.15, 0.2) is 4.32 Å². The van der Waals surface area contributed by atoms with Crippen LogP contribution in [-0.4, -0.2) is 33.0 Å². The Balaban J connectivity index is 1.84. The fourth-order valence-corrected chi connectivity index (χ4v) is 3.63. The topological polar surface area (TPSA) is 95.6 Å². The number of allylic oxidation sites excluding steroid dienone is 2. The lowest BCUT2D eigenvalue weighted by Crippen LogP contribution is -2.52. The maximum atomic E-state index is 12.6. The van der Waals surface area contributed by atoms with Crippen LogP contribution < -0.4 is 10.6 Å². The molecule has 3 rings (SSSR count). The number of nitrogens with zero attached hydrogens (tertiary/aromatic N) is 1. The van der Waals surface area contributed by atoms with E-state index in [2.05, 4.69) is 0 Å². The fraction of sp³-hybridized carbons (Fsp3) is 0.0556. The number of carbonyl (C=O) groups is 4. The molecule has 0 saturated carbocycles. The quantitative estimate of drug-likeness (QED) is 0.459. The summed E-state index contributed by atoms with van der Waals surface area (Å²) in [6.07, 6.45) is 4.65. The first-order valence-electron chi connectivity index (χ1n) is 7.74. The maximum absolute atomic E-state index is 12.6. The largest absolute Gasteiger partial charge is 0.328 e. The second-order valence-electron chi connectivity index (χ2n) is 5.63. The van der Waals surface area contributed by atoms with E-state index in [1.165, 1.54) is 0 Å². The number of thiocarbonyl (C=S) groups is 1. The van der Waals surface area contributed by atoms with Gasteiger partial charge in [-0.1, -0.05) is 60.4 Å². The van der Waals surface area contributed by atoms with Gasteiger partial charge in [0.1, 0.15) is 5.57 Å². The third kappa shape index (κ3) is 4.21. The standard InChI is InChI=1S/C18H13N3O4S2/c1-10(7-11-5-3-2-4-6-11)8-13-16(24)21(18(26)27-13)9-12-14(22)19-17(25)20-15(12)23/h2-9H,1H3,(H2,19,20,22,23,25)/b10-7-,13-8-. The molecular weight excluding hydrogens is 386 g/mol. The number of thioether (sulfide) groups is 1. The average Bonchev–Trinajstić information content (AvgIpc) is 2.85. The van der Waals surface area contributed by atoms with Crippen LogP contribution in [-0.2, 0) is 14.4 Å². The first-order valence-corrected chi connectivity index (χ1v) is 8.96. The summed E-state index contributed by atoms with van der Waals surface area (Å²) in [7, 11) is 0. The highest BCUT2D eigenvalue weighted by Gasteiger charge is 2.35. The maximum Gasteiger partial charge on any atom is 0.328 e. The van der Waals surface area contributed by atoms with Gasteiger partial charge in [-0.2, -0.15) is 0 Å². The van der Waals surface area contributed by atoms with Gasteiger partial charge in [0.05, 0.1) is 4.91 Å². The predicted octanol–water partition coefficient (Wildman–Crippen LogP) is 2.08. The molecule has 0 atom stereocenters. The minimum atomic E-state index is -0.908. The van der Waals surface area contributed by atoms with Crippen LogP contribution >= 0.6 is 24.0 Å². The van der Waals surface area contributed by atoms with Gasteiger partial charge in [-0.15, -0.1) is 0 Å². The summed E-state index contributed by atoms with van der Waals surface area (Å²) < 4.78 is 0.184. The Bertz CT molecular complexity index is 942. The molecule has 0 bridgehead atoms. The number of urea groups is 1. The van der Waals surface area contributed by atoms with Crippen LogP contribution in [0.5, 0.6) is 0 Å². The van der Waals surface area contributed by atoms with E-state index in [0.29, 0.717) is 4.91 Å². The zero-order chi connectivity index (χ0) is 19.6. The molecule has 136 valence electrons. The van der Waals surface area contributed by atoms with Crippen LogP contribution in [0.1, 0.15) is 12.5 Å². The Kier molecular flexibility index (Phi) is 5.33. The molecule has 2 fully saturated rings. The van der Waals surface area contributed by atoms with E-state index in [0.717, 1.165) is 34.0 Å². The summed E-state index contributed by atoms with van der Waals surface area (Å²) in [5.41, 5.74) is 1.46. The number of hydrogen-bond donors (Lipinski definition) is 2. The minimum absolute atomic E-state index is 0.184.